The molecular weight excluding hydrogens is 222 g/mol. The third kappa shape index (κ3) is 2.60. The Bertz CT molecular complexity index is 374. The molecule has 3 atom stereocenters. The zero-order valence-electron chi connectivity index (χ0n) is 11.7. The van der Waals surface area contributed by atoms with Crippen molar-refractivity contribution in [1.29, 1.82) is 0 Å². The summed E-state index contributed by atoms with van der Waals surface area (Å²) in [5.41, 5.74) is 1.75. The molecular formula is C16H25NO. The van der Waals surface area contributed by atoms with Gasteiger partial charge < -0.3 is 10.4 Å². The maximum atomic E-state index is 8.96. The summed E-state index contributed by atoms with van der Waals surface area (Å²) in [6.07, 6.45) is 2.04. The first-order chi connectivity index (χ1) is 8.55. The highest BCUT2D eigenvalue weighted by Gasteiger charge is 2.48. The lowest BCUT2D eigenvalue weighted by atomic mass is 9.56. The minimum Gasteiger partial charge on any atom is -0.396 e. The van der Waals surface area contributed by atoms with E-state index in [2.05, 4.69) is 56.4 Å². The Balaban J connectivity index is 1.97. The Kier molecular flexibility index (Phi) is 4.08. The molecule has 2 nitrogen and oxygen atoms in total. The van der Waals surface area contributed by atoms with Gasteiger partial charge in [-0.1, -0.05) is 44.2 Å². The molecule has 0 amide bonds. The van der Waals surface area contributed by atoms with Crippen molar-refractivity contribution in [1.82, 2.24) is 5.32 Å². The molecule has 2 heteroatoms. The average Bonchev–Trinajstić information content (AvgIpc) is 2.35. The second kappa shape index (κ2) is 5.41. The van der Waals surface area contributed by atoms with Gasteiger partial charge in [0.15, 0.2) is 0 Å². The van der Waals surface area contributed by atoms with Gasteiger partial charge in [0.1, 0.15) is 0 Å². The van der Waals surface area contributed by atoms with E-state index in [0.29, 0.717) is 23.4 Å². The van der Waals surface area contributed by atoms with Crippen molar-refractivity contribution in [3.63, 3.8) is 0 Å². The van der Waals surface area contributed by atoms with Crippen LogP contribution < -0.4 is 5.32 Å². The van der Waals surface area contributed by atoms with Gasteiger partial charge in [0.05, 0.1) is 0 Å². The van der Waals surface area contributed by atoms with E-state index in [1.807, 2.05) is 0 Å². The van der Waals surface area contributed by atoms with Gasteiger partial charge in [-0.15, -0.1) is 0 Å². The molecule has 2 N–H and O–H groups in total. The predicted octanol–water partition coefficient (Wildman–Crippen LogP) is 2.93. The van der Waals surface area contributed by atoms with Crippen LogP contribution in [0.3, 0.4) is 0 Å². The average molecular weight is 247 g/mol. The van der Waals surface area contributed by atoms with Gasteiger partial charge in [-0.05, 0) is 36.7 Å². The molecule has 1 fully saturated rings. The fourth-order valence-electron chi connectivity index (χ4n) is 3.08. The second-order valence-electron chi connectivity index (χ2n) is 6.15. The van der Waals surface area contributed by atoms with Crippen LogP contribution in [-0.2, 0) is 0 Å². The van der Waals surface area contributed by atoms with E-state index in [1.54, 1.807) is 0 Å². The van der Waals surface area contributed by atoms with E-state index in [1.165, 1.54) is 12.0 Å². The molecule has 0 heterocycles. The number of aliphatic hydroxyl groups is 1. The molecule has 18 heavy (non-hydrogen) atoms. The van der Waals surface area contributed by atoms with Crippen LogP contribution in [0.15, 0.2) is 30.3 Å². The highest BCUT2D eigenvalue weighted by atomic mass is 16.3. The lowest BCUT2D eigenvalue weighted by Gasteiger charge is -2.54. The van der Waals surface area contributed by atoms with Crippen molar-refractivity contribution < 1.29 is 5.11 Å². The van der Waals surface area contributed by atoms with Gasteiger partial charge in [0, 0.05) is 18.7 Å². The van der Waals surface area contributed by atoms with E-state index in [4.69, 9.17) is 5.11 Å². The molecule has 0 unspecified atom stereocenters. The van der Waals surface area contributed by atoms with Crippen molar-refractivity contribution in [2.24, 2.45) is 5.41 Å². The van der Waals surface area contributed by atoms with Crippen molar-refractivity contribution in [3.8, 4) is 0 Å². The van der Waals surface area contributed by atoms with Crippen molar-refractivity contribution in [2.75, 3.05) is 6.61 Å². The molecule has 1 aliphatic carbocycles. The first-order valence-corrected chi connectivity index (χ1v) is 6.97. The van der Waals surface area contributed by atoms with Crippen LogP contribution in [0.4, 0.5) is 0 Å². The standard InChI is InChI=1S/C16H25NO/c1-12(9-10-18)17-15-11-14(16(15,2)3)13-7-5-4-6-8-13/h4-8,12,14-15,17-18H,9-11H2,1-3H3/t12-,14-,15-/m1/s1. The van der Waals surface area contributed by atoms with Gasteiger partial charge in [0.25, 0.3) is 0 Å². The molecule has 0 radical (unpaired) electrons. The minimum atomic E-state index is 0.267. The molecule has 1 aromatic carbocycles. The molecule has 2 rings (SSSR count). The largest absolute Gasteiger partial charge is 0.396 e. The van der Waals surface area contributed by atoms with Crippen LogP contribution >= 0.6 is 0 Å². The van der Waals surface area contributed by atoms with Crippen LogP contribution in [0.5, 0.6) is 0 Å². The quantitative estimate of drug-likeness (QED) is 0.838. The molecule has 0 aliphatic heterocycles. The van der Waals surface area contributed by atoms with E-state index in [0.717, 1.165) is 6.42 Å². The smallest absolute Gasteiger partial charge is 0.0445 e. The van der Waals surface area contributed by atoms with Crippen molar-refractivity contribution in [2.45, 2.75) is 51.6 Å². The number of rotatable bonds is 5. The SMILES string of the molecule is C[C@H](CCO)N[C@@H]1C[C@H](c2ccccc2)C1(C)C. The molecule has 1 aromatic rings. The van der Waals surface area contributed by atoms with E-state index in [-0.39, 0.29) is 6.61 Å². The fraction of sp³-hybridized carbons (Fsp3) is 0.625. The predicted molar refractivity (Wildman–Crippen MR) is 75.7 cm³/mol. The third-order valence-corrected chi connectivity index (χ3v) is 4.52. The number of nitrogens with one attached hydrogen (secondary N) is 1. The Morgan fingerprint density at radius 1 is 1.33 bits per heavy atom. The maximum absolute atomic E-state index is 8.96. The van der Waals surface area contributed by atoms with Crippen LogP contribution in [0, 0.1) is 5.41 Å². The van der Waals surface area contributed by atoms with Crippen LogP contribution in [0.2, 0.25) is 0 Å². The van der Waals surface area contributed by atoms with Gasteiger partial charge >= 0.3 is 0 Å². The molecule has 1 saturated carbocycles. The molecule has 0 saturated heterocycles. The summed E-state index contributed by atoms with van der Waals surface area (Å²) in [5.74, 6) is 0.650. The zero-order chi connectivity index (χ0) is 13.2. The fourth-order valence-corrected chi connectivity index (χ4v) is 3.08. The van der Waals surface area contributed by atoms with Crippen LogP contribution in [-0.4, -0.2) is 23.8 Å². The molecule has 0 bridgehead atoms. The lowest BCUT2D eigenvalue weighted by Crippen LogP contribution is -2.57. The lowest BCUT2D eigenvalue weighted by molar-refractivity contribution is 0.0587. The number of hydrogen-bond donors (Lipinski definition) is 2. The van der Waals surface area contributed by atoms with E-state index < -0.39 is 0 Å². The van der Waals surface area contributed by atoms with E-state index in [9.17, 15) is 0 Å². The van der Waals surface area contributed by atoms with Crippen molar-refractivity contribution in [3.05, 3.63) is 35.9 Å². The number of aliphatic hydroxyl groups excluding tert-OH is 1. The summed E-state index contributed by atoms with van der Waals surface area (Å²) in [6, 6.07) is 11.8. The first kappa shape index (κ1) is 13.6. The summed E-state index contributed by atoms with van der Waals surface area (Å²) in [5, 5.41) is 12.6. The number of hydrogen-bond acceptors (Lipinski definition) is 2. The van der Waals surface area contributed by atoms with Gasteiger partial charge in [0.2, 0.25) is 0 Å². The summed E-state index contributed by atoms with van der Waals surface area (Å²) >= 11 is 0. The Morgan fingerprint density at radius 2 is 2.00 bits per heavy atom. The summed E-state index contributed by atoms with van der Waals surface area (Å²) < 4.78 is 0. The van der Waals surface area contributed by atoms with Gasteiger partial charge in [-0.3, -0.25) is 0 Å². The molecule has 100 valence electrons. The maximum Gasteiger partial charge on any atom is 0.0445 e. The topological polar surface area (TPSA) is 32.3 Å². The van der Waals surface area contributed by atoms with Crippen molar-refractivity contribution >= 4 is 0 Å². The summed E-state index contributed by atoms with van der Waals surface area (Å²) in [4.78, 5) is 0. The highest BCUT2D eigenvalue weighted by Crippen LogP contribution is 2.52. The van der Waals surface area contributed by atoms with Gasteiger partial charge in [-0.2, -0.15) is 0 Å². The minimum absolute atomic E-state index is 0.267. The van der Waals surface area contributed by atoms with Crippen LogP contribution in [0.25, 0.3) is 0 Å². The zero-order valence-corrected chi connectivity index (χ0v) is 11.7. The highest BCUT2D eigenvalue weighted by molar-refractivity contribution is 5.27. The van der Waals surface area contributed by atoms with Gasteiger partial charge in [-0.25, -0.2) is 0 Å². The van der Waals surface area contributed by atoms with Crippen LogP contribution in [0.1, 0.15) is 45.1 Å². The Hall–Kier alpha value is -0.860. The normalized spacial score (nSPS) is 27.6. The summed E-state index contributed by atoms with van der Waals surface area (Å²) in [7, 11) is 0. The monoisotopic (exact) mass is 247 g/mol. The molecule has 0 aromatic heterocycles. The molecule has 0 spiro atoms. The summed E-state index contributed by atoms with van der Waals surface area (Å²) in [6.45, 7) is 7.11. The van der Waals surface area contributed by atoms with E-state index >= 15 is 0 Å². The first-order valence-electron chi connectivity index (χ1n) is 6.97. The Labute approximate surface area is 110 Å². The second-order valence-corrected chi connectivity index (χ2v) is 6.15. The number of benzene rings is 1. The Morgan fingerprint density at radius 3 is 2.56 bits per heavy atom. The third-order valence-electron chi connectivity index (χ3n) is 4.52. The molecule has 1 aliphatic rings.